The van der Waals surface area contributed by atoms with Crippen LogP contribution >= 0.6 is 0 Å². The molecular weight excluding hydrogens is 404 g/mol. The van der Waals surface area contributed by atoms with Crippen LogP contribution in [0.15, 0.2) is 52.3 Å². The molecule has 0 saturated carbocycles. The zero-order valence-corrected chi connectivity index (χ0v) is 19.2. The van der Waals surface area contributed by atoms with Crippen LogP contribution in [0.5, 0.6) is 5.75 Å². The van der Waals surface area contributed by atoms with Gasteiger partial charge < -0.3 is 14.1 Å². The number of fused-ring (bicyclic) bond motifs is 1. The maximum Gasteiger partial charge on any atom is 0.347 e. The van der Waals surface area contributed by atoms with Crippen LogP contribution in [0.4, 0.5) is 5.82 Å². The Hall–Kier alpha value is -3.19. The van der Waals surface area contributed by atoms with E-state index >= 15 is 0 Å². The number of anilines is 1. The van der Waals surface area contributed by atoms with Crippen LogP contribution in [0.3, 0.4) is 0 Å². The molecule has 1 fully saturated rings. The lowest BCUT2D eigenvalue weighted by atomic mass is 10.1. The molecule has 0 aliphatic carbocycles. The Kier molecular flexibility index (Phi) is 6.28. The number of ether oxygens (including phenoxy) is 1. The van der Waals surface area contributed by atoms with Crippen molar-refractivity contribution in [1.29, 1.82) is 0 Å². The molecule has 1 aliphatic heterocycles. The third-order valence-electron chi connectivity index (χ3n) is 6.17. The van der Waals surface area contributed by atoms with Crippen LogP contribution in [0.25, 0.3) is 22.4 Å². The molecule has 3 aromatic rings. The van der Waals surface area contributed by atoms with E-state index in [-0.39, 0.29) is 11.9 Å². The summed E-state index contributed by atoms with van der Waals surface area (Å²) in [6.07, 6.45) is 4.39. The van der Waals surface area contributed by atoms with Gasteiger partial charge in [-0.3, -0.25) is 4.90 Å². The Morgan fingerprint density at radius 2 is 2.09 bits per heavy atom. The van der Waals surface area contributed by atoms with E-state index in [1.165, 1.54) is 0 Å². The van der Waals surface area contributed by atoms with Crippen molar-refractivity contribution in [2.24, 2.45) is 0 Å². The number of rotatable bonds is 6. The molecule has 2 aromatic heterocycles. The summed E-state index contributed by atoms with van der Waals surface area (Å²) in [4.78, 5) is 27.1. The molecule has 2 atom stereocenters. The fourth-order valence-electron chi connectivity index (χ4n) is 4.47. The normalized spacial score (nSPS) is 19.3. The van der Waals surface area contributed by atoms with Gasteiger partial charge in [-0.25, -0.2) is 14.8 Å². The van der Waals surface area contributed by atoms with Crippen LogP contribution < -0.4 is 15.3 Å². The fourth-order valence-corrected chi connectivity index (χ4v) is 4.47. The number of hydrogen-bond donors (Lipinski definition) is 0. The SMILES string of the molecule is C=CCN1C[C@@H](C)N(c2ncccc2-c2nc3cc(OC)cc(CC)c3c(=O)o2)C[C@H]1C. The number of benzene rings is 1. The minimum atomic E-state index is -0.392. The third-order valence-corrected chi connectivity index (χ3v) is 6.17. The number of piperazine rings is 1. The highest BCUT2D eigenvalue weighted by atomic mass is 16.5. The Bertz CT molecular complexity index is 1190. The maximum atomic E-state index is 13.0. The molecule has 0 bridgehead atoms. The lowest BCUT2D eigenvalue weighted by Crippen LogP contribution is -2.56. The molecule has 1 saturated heterocycles. The molecule has 7 heteroatoms. The summed E-state index contributed by atoms with van der Waals surface area (Å²) in [6, 6.07) is 7.97. The van der Waals surface area contributed by atoms with E-state index < -0.39 is 5.63 Å². The van der Waals surface area contributed by atoms with Gasteiger partial charge in [-0.1, -0.05) is 13.0 Å². The number of pyridine rings is 1. The summed E-state index contributed by atoms with van der Waals surface area (Å²) in [7, 11) is 1.61. The van der Waals surface area contributed by atoms with Crippen LogP contribution in [0, 0.1) is 0 Å². The fraction of sp³-hybridized carbons (Fsp3) is 0.400. The van der Waals surface area contributed by atoms with Gasteiger partial charge in [0.2, 0.25) is 5.89 Å². The zero-order chi connectivity index (χ0) is 22.8. The molecule has 32 heavy (non-hydrogen) atoms. The summed E-state index contributed by atoms with van der Waals surface area (Å²) >= 11 is 0. The molecule has 3 heterocycles. The first kappa shape index (κ1) is 22.0. The standard InChI is InChI=1S/C25H30N4O3/c1-6-11-28-14-17(4)29(15-16(28)3)23-20(9-8-10-26-23)24-27-21-13-19(31-5)12-18(7-2)22(21)25(30)32-24/h6,8-10,12-13,16-17H,1,7,11,14-15H2,2-5H3/t16-,17-/m1/s1. The van der Waals surface area contributed by atoms with Gasteiger partial charge >= 0.3 is 5.63 Å². The summed E-state index contributed by atoms with van der Waals surface area (Å²) < 4.78 is 11.2. The number of aromatic nitrogens is 2. The molecule has 0 N–H and O–H groups in total. The lowest BCUT2D eigenvalue weighted by molar-refractivity contribution is 0.184. The van der Waals surface area contributed by atoms with Gasteiger partial charge in [0.25, 0.3) is 0 Å². The van der Waals surface area contributed by atoms with Gasteiger partial charge in [0.05, 0.1) is 23.6 Å². The molecule has 4 rings (SSSR count). The Morgan fingerprint density at radius 1 is 1.28 bits per heavy atom. The van der Waals surface area contributed by atoms with E-state index in [4.69, 9.17) is 14.1 Å². The number of methoxy groups -OCH3 is 1. The minimum absolute atomic E-state index is 0.235. The summed E-state index contributed by atoms with van der Waals surface area (Å²) in [6.45, 7) is 12.8. The van der Waals surface area contributed by atoms with E-state index in [2.05, 4.69) is 35.2 Å². The highest BCUT2D eigenvalue weighted by Crippen LogP contribution is 2.32. The van der Waals surface area contributed by atoms with Crippen LogP contribution in [0.1, 0.15) is 26.3 Å². The molecule has 1 aliphatic rings. The van der Waals surface area contributed by atoms with Crippen molar-refractivity contribution in [3.63, 3.8) is 0 Å². The maximum absolute atomic E-state index is 13.0. The second kappa shape index (κ2) is 9.12. The zero-order valence-electron chi connectivity index (χ0n) is 19.2. The lowest BCUT2D eigenvalue weighted by Gasteiger charge is -2.44. The van der Waals surface area contributed by atoms with Gasteiger partial charge in [-0.15, -0.1) is 6.58 Å². The highest BCUT2D eigenvalue weighted by Gasteiger charge is 2.31. The minimum Gasteiger partial charge on any atom is -0.497 e. The van der Waals surface area contributed by atoms with Gasteiger partial charge in [-0.05, 0) is 44.0 Å². The quantitative estimate of drug-likeness (QED) is 0.545. The predicted octanol–water partition coefficient (Wildman–Crippen LogP) is 3.91. The second-order valence-electron chi connectivity index (χ2n) is 8.31. The monoisotopic (exact) mass is 434 g/mol. The van der Waals surface area contributed by atoms with Gasteiger partial charge in [0.1, 0.15) is 11.6 Å². The Labute approximate surface area is 188 Å². The number of aryl methyl sites for hydroxylation is 1. The predicted molar refractivity (Wildman–Crippen MR) is 127 cm³/mol. The molecule has 7 nitrogen and oxygen atoms in total. The molecule has 0 unspecified atom stereocenters. The molecule has 168 valence electrons. The van der Waals surface area contributed by atoms with E-state index in [1.807, 2.05) is 31.2 Å². The van der Waals surface area contributed by atoms with Crippen molar-refractivity contribution in [2.75, 3.05) is 31.6 Å². The van der Waals surface area contributed by atoms with E-state index in [1.54, 1.807) is 19.4 Å². The van der Waals surface area contributed by atoms with Crippen molar-refractivity contribution in [3.05, 3.63) is 59.1 Å². The molecule has 0 radical (unpaired) electrons. The van der Waals surface area contributed by atoms with E-state index in [0.717, 1.165) is 31.0 Å². The molecular formula is C25H30N4O3. The van der Waals surface area contributed by atoms with Crippen LogP contribution in [0.2, 0.25) is 0 Å². The van der Waals surface area contributed by atoms with Gasteiger partial charge in [0, 0.05) is 44.0 Å². The Morgan fingerprint density at radius 3 is 2.81 bits per heavy atom. The van der Waals surface area contributed by atoms with E-state index in [0.29, 0.717) is 34.7 Å². The largest absolute Gasteiger partial charge is 0.497 e. The average molecular weight is 435 g/mol. The average Bonchev–Trinajstić information content (AvgIpc) is 2.80. The molecule has 1 aromatic carbocycles. The first-order valence-corrected chi connectivity index (χ1v) is 11.1. The Balaban J connectivity index is 1.81. The van der Waals surface area contributed by atoms with E-state index in [9.17, 15) is 4.79 Å². The number of nitrogens with zero attached hydrogens (tertiary/aromatic N) is 4. The van der Waals surface area contributed by atoms with Gasteiger partial charge in [-0.2, -0.15) is 0 Å². The first-order chi connectivity index (χ1) is 15.5. The second-order valence-corrected chi connectivity index (χ2v) is 8.31. The van der Waals surface area contributed by atoms with Crippen molar-refractivity contribution < 1.29 is 9.15 Å². The summed E-state index contributed by atoms with van der Waals surface area (Å²) in [5.41, 5.74) is 1.75. The van der Waals surface area contributed by atoms with Gasteiger partial charge in [0.15, 0.2) is 0 Å². The highest BCUT2D eigenvalue weighted by molar-refractivity contribution is 5.84. The smallest absolute Gasteiger partial charge is 0.347 e. The van der Waals surface area contributed by atoms with Crippen molar-refractivity contribution in [1.82, 2.24) is 14.9 Å². The molecule has 0 amide bonds. The third kappa shape index (κ3) is 4.00. The summed E-state index contributed by atoms with van der Waals surface area (Å²) in [5.74, 6) is 1.72. The molecule has 0 spiro atoms. The van der Waals surface area contributed by atoms with Crippen molar-refractivity contribution in [3.8, 4) is 17.2 Å². The van der Waals surface area contributed by atoms with Crippen molar-refractivity contribution >= 4 is 16.7 Å². The van der Waals surface area contributed by atoms with Crippen LogP contribution in [-0.4, -0.2) is 53.7 Å². The topological polar surface area (TPSA) is 71.7 Å². The van der Waals surface area contributed by atoms with Crippen LogP contribution in [-0.2, 0) is 6.42 Å². The summed E-state index contributed by atoms with van der Waals surface area (Å²) in [5, 5.41) is 0.502. The number of hydrogen-bond acceptors (Lipinski definition) is 7. The first-order valence-electron chi connectivity index (χ1n) is 11.1. The van der Waals surface area contributed by atoms with Crippen molar-refractivity contribution in [2.45, 2.75) is 39.3 Å².